The molecule has 1 aromatic carbocycles. The second kappa shape index (κ2) is 6.91. The SMILES string of the molecule is COC(=O)Cc1nc2ccccn2c1N=Nc1ccc(C(N)=O)cc1. The maximum absolute atomic E-state index is 11.6. The quantitative estimate of drug-likeness (QED) is 0.569. The minimum atomic E-state index is -0.509. The van der Waals surface area contributed by atoms with Gasteiger partial charge in [0.25, 0.3) is 0 Å². The van der Waals surface area contributed by atoms with E-state index in [0.717, 1.165) is 0 Å². The van der Waals surface area contributed by atoms with Crippen molar-refractivity contribution in [3.05, 3.63) is 59.9 Å². The highest BCUT2D eigenvalue weighted by Gasteiger charge is 2.15. The van der Waals surface area contributed by atoms with Crippen molar-refractivity contribution in [2.24, 2.45) is 16.0 Å². The largest absolute Gasteiger partial charge is 0.469 e. The van der Waals surface area contributed by atoms with Crippen LogP contribution in [-0.2, 0) is 16.0 Å². The van der Waals surface area contributed by atoms with E-state index in [1.54, 1.807) is 40.9 Å². The van der Waals surface area contributed by atoms with Crippen molar-refractivity contribution < 1.29 is 14.3 Å². The molecule has 2 heterocycles. The third-order valence-corrected chi connectivity index (χ3v) is 3.53. The summed E-state index contributed by atoms with van der Waals surface area (Å²) >= 11 is 0. The highest BCUT2D eigenvalue weighted by molar-refractivity contribution is 5.93. The van der Waals surface area contributed by atoms with Gasteiger partial charge in [0.2, 0.25) is 5.91 Å². The second-order valence-corrected chi connectivity index (χ2v) is 5.17. The minimum Gasteiger partial charge on any atom is -0.469 e. The van der Waals surface area contributed by atoms with Crippen LogP contribution in [0.5, 0.6) is 0 Å². The fourth-order valence-electron chi connectivity index (χ4n) is 2.26. The zero-order valence-corrected chi connectivity index (χ0v) is 13.4. The molecule has 8 nitrogen and oxygen atoms in total. The molecule has 1 amide bonds. The molecule has 126 valence electrons. The number of aromatic nitrogens is 2. The summed E-state index contributed by atoms with van der Waals surface area (Å²) in [5.41, 5.74) is 7.26. The van der Waals surface area contributed by atoms with Crippen LogP contribution in [0.3, 0.4) is 0 Å². The van der Waals surface area contributed by atoms with E-state index >= 15 is 0 Å². The van der Waals surface area contributed by atoms with Gasteiger partial charge in [-0.3, -0.25) is 14.0 Å². The molecule has 0 aliphatic heterocycles. The number of carbonyl (C=O) groups excluding carboxylic acids is 2. The number of carbonyl (C=O) groups is 2. The summed E-state index contributed by atoms with van der Waals surface area (Å²) in [7, 11) is 1.32. The van der Waals surface area contributed by atoms with Gasteiger partial charge in [0.05, 0.1) is 24.9 Å². The number of primary amides is 1. The van der Waals surface area contributed by atoms with Crippen molar-refractivity contribution in [3.8, 4) is 0 Å². The number of rotatable bonds is 5. The van der Waals surface area contributed by atoms with E-state index in [4.69, 9.17) is 10.5 Å². The first-order valence-corrected chi connectivity index (χ1v) is 7.43. The molecule has 0 fully saturated rings. The fourth-order valence-corrected chi connectivity index (χ4v) is 2.26. The standard InChI is InChI=1S/C17H15N5O3/c1-25-15(23)10-13-17(22-9-3-2-4-14(22)19-13)21-20-12-7-5-11(6-8-12)16(18)24/h2-9H,10H2,1H3,(H2,18,24). The second-order valence-electron chi connectivity index (χ2n) is 5.17. The number of hydrogen-bond donors (Lipinski definition) is 1. The third-order valence-electron chi connectivity index (χ3n) is 3.53. The number of hydrogen-bond acceptors (Lipinski definition) is 6. The predicted octanol–water partition coefficient (Wildman–Crippen LogP) is 2.56. The molecule has 3 aromatic rings. The molecule has 0 radical (unpaired) electrons. The number of imidazole rings is 1. The van der Waals surface area contributed by atoms with Crippen LogP contribution in [0.15, 0.2) is 58.9 Å². The first kappa shape index (κ1) is 16.3. The molecule has 0 spiro atoms. The zero-order valence-electron chi connectivity index (χ0n) is 13.4. The lowest BCUT2D eigenvalue weighted by Gasteiger charge is -1.99. The summed E-state index contributed by atoms with van der Waals surface area (Å²) < 4.78 is 6.43. The van der Waals surface area contributed by atoms with Gasteiger partial charge in [-0.25, -0.2) is 4.98 Å². The molecule has 0 saturated heterocycles. The number of nitrogens with zero attached hydrogens (tertiary/aromatic N) is 4. The van der Waals surface area contributed by atoms with Crippen molar-refractivity contribution >= 4 is 29.0 Å². The Kier molecular flexibility index (Phi) is 4.51. The maximum Gasteiger partial charge on any atom is 0.311 e. The van der Waals surface area contributed by atoms with Gasteiger partial charge in [-0.15, -0.1) is 10.2 Å². The molecule has 8 heteroatoms. The molecule has 0 atom stereocenters. The monoisotopic (exact) mass is 337 g/mol. The van der Waals surface area contributed by atoms with Gasteiger partial charge in [-0.1, -0.05) is 6.07 Å². The molecular weight excluding hydrogens is 322 g/mol. The van der Waals surface area contributed by atoms with Crippen LogP contribution < -0.4 is 5.73 Å². The van der Waals surface area contributed by atoms with Crippen LogP contribution in [0.4, 0.5) is 11.5 Å². The molecule has 2 N–H and O–H groups in total. The molecule has 25 heavy (non-hydrogen) atoms. The zero-order chi connectivity index (χ0) is 17.8. The third kappa shape index (κ3) is 3.52. The lowest BCUT2D eigenvalue weighted by atomic mass is 10.2. The number of methoxy groups -OCH3 is 1. The van der Waals surface area contributed by atoms with E-state index in [1.165, 1.54) is 7.11 Å². The molecular formula is C17H15N5O3. The molecule has 2 aromatic heterocycles. The summed E-state index contributed by atoms with van der Waals surface area (Å²) in [6.45, 7) is 0. The number of benzene rings is 1. The summed E-state index contributed by atoms with van der Waals surface area (Å²) in [6.07, 6.45) is 1.78. The number of nitrogens with two attached hydrogens (primary N) is 1. The van der Waals surface area contributed by atoms with E-state index in [1.807, 2.05) is 12.1 Å². The minimum absolute atomic E-state index is 0.00680. The Labute approximate surface area is 143 Å². The Bertz CT molecular complexity index is 960. The van der Waals surface area contributed by atoms with Crippen molar-refractivity contribution in [2.75, 3.05) is 7.11 Å². The lowest BCUT2D eigenvalue weighted by Crippen LogP contribution is -2.10. The predicted molar refractivity (Wildman–Crippen MR) is 90.0 cm³/mol. The van der Waals surface area contributed by atoms with Gasteiger partial charge in [-0.05, 0) is 36.4 Å². The smallest absolute Gasteiger partial charge is 0.311 e. The van der Waals surface area contributed by atoms with Gasteiger partial charge >= 0.3 is 5.97 Å². The topological polar surface area (TPSA) is 111 Å². The van der Waals surface area contributed by atoms with E-state index in [9.17, 15) is 9.59 Å². The average Bonchev–Trinajstić information content (AvgIpc) is 2.97. The summed E-state index contributed by atoms with van der Waals surface area (Å²) in [4.78, 5) is 27.1. The van der Waals surface area contributed by atoms with Gasteiger partial charge < -0.3 is 10.5 Å². The first-order valence-electron chi connectivity index (χ1n) is 7.43. The molecule has 0 aliphatic rings. The average molecular weight is 337 g/mol. The van der Waals surface area contributed by atoms with Gasteiger partial charge in [-0.2, -0.15) is 0 Å². The van der Waals surface area contributed by atoms with Crippen molar-refractivity contribution in [2.45, 2.75) is 6.42 Å². The molecule has 3 rings (SSSR count). The summed E-state index contributed by atoms with van der Waals surface area (Å²) in [6, 6.07) is 11.9. The fraction of sp³-hybridized carbons (Fsp3) is 0.118. The van der Waals surface area contributed by atoms with Crippen LogP contribution in [0.2, 0.25) is 0 Å². The van der Waals surface area contributed by atoms with Crippen LogP contribution >= 0.6 is 0 Å². The van der Waals surface area contributed by atoms with Gasteiger partial charge in [0, 0.05) is 11.8 Å². The maximum atomic E-state index is 11.6. The number of amides is 1. The van der Waals surface area contributed by atoms with E-state index in [-0.39, 0.29) is 6.42 Å². The number of fused-ring (bicyclic) bond motifs is 1. The molecule has 0 bridgehead atoms. The highest BCUT2D eigenvalue weighted by atomic mass is 16.5. The Balaban J connectivity index is 1.97. The first-order chi connectivity index (χ1) is 12.1. The van der Waals surface area contributed by atoms with Gasteiger partial charge in [0.15, 0.2) is 5.82 Å². The van der Waals surface area contributed by atoms with Crippen LogP contribution in [0, 0.1) is 0 Å². The van der Waals surface area contributed by atoms with Crippen LogP contribution in [0.1, 0.15) is 16.1 Å². The van der Waals surface area contributed by atoms with Gasteiger partial charge in [0.1, 0.15) is 5.65 Å². The van der Waals surface area contributed by atoms with Crippen molar-refractivity contribution in [1.82, 2.24) is 9.38 Å². The summed E-state index contributed by atoms with van der Waals surface area (Å²) in [5.74, 6) is -0.476. The Morgan fingerprint density at radius 3 is 2.60 bits per heavy atom. The lowest BCUT2D eigenvalue weighted by molar-refractivity contribution is -0.139. The Morgan fingerprint density at radius 1 is 1.16 bits per heavy atom. The van der Waals surface area contributed by atoms with E-state index < -0.39 is 11.9 Å². The summed E-state index contributed by atoms with van der Waals surface area (Å²) in [5, 5.41) is 8.38. The van der Waals surface area contributed by atoms with Crippen molar-refractivity contribution in [3.63, 3.8) is 0 Å². The van der Waals surface area contributed by atoms with Crippen LogP contribution in [-0.4, -0.2) is 28.4 Å². The highest BCUT2D eigenvalue weighted by Crippen LogP contribution is 2.25. The normalized spacial score (nSPS) is 11.1. The van der Waals surface area contributed by atoms with Crippen LogP contribution in [0.25, 0.3) is 5.65 Å². The molecule has 0 aliphatic carbocycles. The van der Waals surface area contributed by atoms with Crippen molar-refractivity contribution in [1.29, 1.82) is 0 Å². The number of ether oxygens (including phenoxy) is 1. The number of esters is 1. The van der Waals surface area contributed by atoms with E-state index in [0.29, 0.717) is 28.4 Å². The molecule has 0 saturated carbocycles. The Morgan fingerprint density at radius 2 is 1.92 bits per heavy atom. The number of pyridine rings is 1. The molecule has 0 unspecified atom stereocenters. The number of azo groups is 1. The van der Waals surface area contributed by atoms with E-state index in [2.05, 4.69) is 15.2 Å². The Hall–Kier alpha value is -3.55.